The molecule has 0 aliphatic rings. The Morgan fingerprint density at radius 3 is 2.26 bits per heavy atom. The topological polar surface area (TPSA) is 29.3 Å². The molecular formula is C16H27ClN2. The van der Waals surface area contributed by atoms with E-state index in [2.05, 4.69) is 37.8 Å². The van der Waals surface area contributed by atoms with Crippen molar-refractivity contribution in [1.82, 2.24) is 0 Å². The van der Waals surface area contributed by atoms with E-state index >= 15 is 0 Å². The third kappa shape index (κ3) is 4.39. The highest BCUT2D eigenvalue weighted by molar-refractivity contribution is 6.33. The van der Waals surface area contributed by atoms with Crippen molar-refractivity contribution < 1.29 is 0 Å². The molecule has 0 aliphatic heterocycles. The predicted molar refractivity (Wildman–Crippen MR) is 86.0 cm³/mol. The van der Waals surface area contributed by atoms with Gasteiger partial charge < -0.3 is 10.6 Å². The van der Waals surface area contributed by atoms with Gasteiger partial charge in [-0.2, -0.15) is 0 Å². The molecule has 0 heterocycles. The Bertz CT molecular complexity index is 386. The molecule has 19 heavy (non-hydrogen) atoms. The van der Waals surface area contributed by atoms with Gasteiger partial charge in [0.1, 0.15) is 0 Å². The minimum Gasteiger partial charge on any atom is -0.370 e. The highest BCUT2D eigenvalue weighted by Gasteiger charge is 2.14. The van der Waals surface area contributed by atoms with Crippen LogP contribution in [0.25, 0.3) is 0 Å². The lowest BCUT2D eigenvalue weighted by molar-refractivity contribution is 0.486. The standard InChI is InChI=1S/C16H27ClN2/c1-5-13(6-2)11-19(7-3)16-9-8-14(12(4)18)10-15(16)17/h8-10,12-13H,5-7,11,18H2,1-4H3. The molecule has 0 saturated carbocycles. The third-order valence-electron chi connectivity index (χ3n) is 3.85. The van der Waals surface area contributed by atoms with Gasteiger partial charge in [0, 0.05) is 19.1 Å². The summed E-state index contributed by atoms with van der Waals surface area (Å²) < 4.78 is 0. The Kier molecular flexibility index (Phi) is 6.67. The second kappa shape index (κ2) is 7.76. The fourth-order valence-electron chi connectivity index (χ4n) is 2.32. The molecule has 3 heteroatoms. The molecule has 2 N–H and O–H groups in total. The van der Waals surface area contributed by atoms with Crippen molar-refractivity contribution in [2.45, 2.75) is 46.6 Å². The van der Waals surface area contributed by atoms with E-state index in [4.69, 9.17) is 17.3 Å². The zero-order valence-electron chi connectivity index (χ0n) is 12.6. The molecule has 0 spiro atoms. The summed E-state index contributed by atoms with van der Waals surface area (Å²) in [7, 11) is 0. The van der Waals surface area contributed by atoms with Crippen molar-refractivity contribution in [2.75, 3.05) is 18.0 Å². The summed E-state index contributed by atoms with van der Waals surface area (Å²) in [6.45, 7) is 10.7. The molecule has 0 amide bonds. The van der Waals surface area contributed by atoms with Crippen molar-refractivity contribution in [1.29, 1.82) is 0 Å². The molecule has 1 rings (SSSR count). The lowest BCUT2D eigenvalue weighted by atomic mass is 10.0. The largest absolute Gasteiger partial charge is 0.370 e. The van der Waals surface area contributed by atoms with Gasteiger partial charge in [0.25, 0.3) is 0 Å². The zero-order valence-corrected chi connectivity index (χ0v) is 13.4. The lowest BCUT2D eigenvalue weighted by Gasteiger charge is -2.28. The SMILES string of the molecule is CCC(CC)CN(CC)c1ccc(C(C)N)cc1Cl. The molecule has 1 unspecified atom stereocenters. The molecule has 2 nitrogen and oxygen atoms in total. The fraction of sp³-hybridized carbons (Fsp3) is 0.625. The number of hydrogen-bond donors (Lipinski definition) is 1. The molecule has 0 fully saturated rings. The van der Waals surface area contributed by atoms with E-state index in [1.165, 1.54) is 12.8 Å². The summed E-state index contributed by atoms with van der Waals surface area (Å²) in [6, 6.07) is 6.21. The molecule has 1 aromatic carbocycles. The quantitative estimate of drug-likeness (QED) is 0.790. The van der Waals surface area contributed by atoms with E-state index < -0.39 is 0 Å². The van der Waals surface area contributed by atoms with Gasteiger partial charge in [-0.25, -0.2) is 0 Å². The van der Waals surface area contributed by atoms with E-state index in [0.717, 1.165) is 35.3 Å². The molecule has 0 saturated heterocycles. The van der Waals surface area contributed by atoms with Crippen LogP contribution in [0.3, 0.4) is 0 Å². The van der Waals surface area contributed by atoms with Crippen molar-refractivity contribution >= 4 is 17.3 Å². The number of anilines is 1. The van der Waals surface area contributed by atoms with E-state index in [-0.39, 0.29) is 6.04 Å². The minimum atomic E-state index is 0.0284. The van der Waals surface area contributed by atoms with Crippen molar-refractivity contribution in [3.05, 3.63) is 28.8 Å². The molecule has 0 aliphatic carbocycles. The van der Waals surface area contributed by atoms with Gasteiger partial charge in [0.15, 0.2) is 0 Å². The summed E-state index contributed by atoms with van der Waals surface area (Å²) in [5.74, 6) is 0.726. The number of nitrogens with two attached hydrogens (primary N) is 1. The first-order valence-corrected chi connectivity index (χ1v) is 7.71. The average molecular weight is 283 g/mol. The van der Waals surface area contributed by atoms with Crippen LogP contribution in [0.15, 0.2) is 18.2 Å². The van der Waals surface area contributed by atoms with Gasteiger partial charge in [0.2, 0.25) is 0 Å². The van der Waals surface area contributed by atoms with Gasteiger partial charge >= 0.3 is 0 Å². The van der Waals surface area contributed by atoms with E-state index in [0.29, 0.717) is 0 Å². The van der Waals surface area contributed by atoms with Crippen molar-refractivity contribution in [3.63, 3.8) is 0 Å². The first-order chi connectivity index (χ1) is 9.03. The minimum absolute atomic E-state index is 0.0284. The van der Waals surface area contributed by atoms with Crippen molar-refractivity contribution in [2.24, 2.45) is 11.7 Å². The molecule has 0 radical (unpaired) electrons. The van der Waals surface area contributed by atoms with Crippen LogP contribution in [0.1, 0.15) is 52.1 Å². The van der Waals surface area contributed by atoms with Gasteiger partial charge in [-0.15, -0.1) is 0 Å². The normalized spacial score (nSPS) is 12.8. The highest BCUT2D eigenvalue weighted by Crippen LogP contribution is 2.29. The van der Waals surface area contributed by atoms with Crippen LogP contribution in [0, 0.1) is 5.92 Å². The zero-order chi connectivity index (χ0) is 14.4. The first kappa shape index (κ1) is 16.3. The number of halogens is 1. The molecular weight excluding hydrogens is 256 g/mol. The molecule has 1 aromatic rings. The van der Waals surface area contributed by atoms with Crippen LogP contribution >= 0.6 is 11.6 Å². The van der Waals surface area contributed by atoms with Crippen LogP contribution in [0.5, 0.6) is 0 Å². The molecule has 108 valence electrons. The van der Waals surface area contributed by atoms with Crippen LogP contribution in [-0.2, 0) is 0 Å². The number of nitrogens with zero attached hydrogens (tertiary/aromatic N) is 1. The third-order valence-corrected chi connectivity index (χ3v) is 4.16. The second-order valence-electron chi connectivity index (χ2n) is 5.22. The van der Waals surface area contributed by atoms with Gasteiger partial charge in [-0.05, 0) is 37.5 Å². The second-order valence-corrected chi connectivity index (χ2v) is 5.63. The van der Waals surface area contributed by atoms with Crippen molar-refractivity contribution in [3.8, 4) is 0 Å². The first-order valence-electron chi connectivity index (χ1n) is 7.33. The Morgan fingerprint density at radius 2 is 1.84 bits per heavy atom. The summed E-state index contributed by atoms with van der Waals surface area (Å²) in [5, 5.41) is 0.808. The maximum atomic E-state index is 6.42. The fourth-order valence-corrected chi connectivity index (χ4v) is 2.63. The van der Waals surface area contributed by atoms with Crippen LogP contribution < -0.4 is 10.6 Å². The summed E-state index contributed by atoms with van der Waals surface area (Å²) in [5.41, 5.74) is 8.11. The maximum absolute atomic E-state index is 6.42. The van der Waals surface area contributed by atoms with E-state index in [1.54, 1.807) is 0 Å². The lowest BCUT2D eigenvalue weighted by Crippen LogP contribution is -2.29. The Balaban J connectivity index is 2.92. The number of benzene rings is 1. The Hall–Kier alpha value is -0.730. The van der Waals surface area contributed by atoms with Gasteiger partial charge in [-0.1, -0.05) is 44.4 Å². The summed E-state index contributed by atoms with van der Waals surface area (Å²) in [6.07, 6.45) is 2.42. The monoisotopic (exact) mass is 282 g/mol. The maximum Gasteiger partial charge on any atom is 0.0642 e. The summed E-state index contributed by atoms with van der Waals surface area (Å²) in [4.78, 5) is 2.37. The Labute approximate surface area is 122 Å². The van der Waals surface area contributed by atoms with Crippen LogP contribution in [0.2, 0.25) is 5.02 Å². The predicted octanol–water partition coefficient (Wildman–Crippen LogP) is 4.62. The van der Waals surface area contributed by atoms with Gasteiger partial charge in [-0.3, -0.25) is 0 Å². The van der Waals surface area contributed by atoms with E-state index in [9.17, 15) is 0 Å². The average Bonchev–Trinajstić information content (AvgIpc) is 2.41. The molecule has 0 bridgehead atoms. The van der Waals surface area contributed by atoms with E-state index in [1.807, 2.05) is 13.0 Å². The van der Waals surface area contributed by atoms with Gasteiger partial charge in [0.05, 0.1) is 10.7 Å². The van der Waals surface area contributed by atoms with Crippen LogP contribution in [0.4, 0.5) is 5.69 Å². The van der Waals surface area contributed by atoms with Crippen LogP contribution in [-0.4, -0.2) is 13.1 Å². The Morgan fingerprint density at radius 1 is 1.21 bits per heavy atom. The highest BCUT2D eigenvalue weighted by atomic mass is 35.5. The smallest absolute Gasteiger partial charge is 0.0642 e. The number of rotatable bonds is 7. The molecule has 1 atom stereocenters. The summed E-state index contributed by atoms with van der Waals surface area (Å²) >= 11 is 6.42. The molecule has 0 aromatic heterocycles. The number of hydrogen-bond acceptors (Lipinski definition) is 2.